The second-order valence-corrected chi connectivity index (χ2v) is 3.99. The summed E-state index contributed by atoms with van der Waals surface area (Å²) in [5, 5.41) is 3.65. The quantitative estimate of drug-likeness (QED) is 0.619. The summed E-state index contributed by atoms with van der Waals surface area (Å²) in [4.78, 5) is 0. The third-order valence-electron chi connectivity index (χ3n) is 2.41. The molecule has 0 aromatic rings. The van der Waals surface area contributed by atoms with Gasteiger partial charge in [-0.25, -0.2) is 0 Å². The van der Waals surface area contributed by atoms with E-state index in [2.05, 4.69) is 33.0 Å². The molecule has 0 atom stereocenters. The van der Waals surface area contributed by atoms with Crippen molar-refractivity contribution in [3.05, 3.63) is 0 Å². The van der Waals surface area contributed by atoms with Gasteiger partial charge in [-0.3, -0.25) is 0 Å². The Bertz CT molecular complexity index is 93.2. The topological polar surface area (TPSA) is 12.0 Å². The summed E-state index contributed by atoms with van der Waals surface area (Å²) in [6, 6.07) is 0. The van der Waals surface area contributed by atoms with E-state index in [1.807, 2.05) is 0 Å². The third kappa shape index (κ3) is 4.76. The zero-order chi connectivity index (χ0) is 9.45. The highest BCUT2D eigenvalue weighted by Gasteiger charge is 2.19. The lowest BCUT2D eigenvalue weighted by atomic mass is 9.91. The van der Waals surface area contributed by atoms with Gasteiger partial charge in [0.15, 0.2) is 0 Å². The van der Waals surface area contributed by atoms with Gasteiger partial charge in [0.2, 0.25) is 0 Å². The predicted octanol–water partition coefficient (Wildman–Crippen LogP) is 3.34. The molecular formula is C11H25N. The molecule has 0 saturated carbocycles. The second-order valence-electron chi connectivity index (χ2n) is 3.99. The van der Waals surface area contributed by atoms with Crippen molar-refractivity contribution in [1.29, 1.82) is 0 Å². The van der Waals surface area contributed by atoms with Crippen LogP contribution < -0.4 is 5.32 Å². The SMILES string of the molecule is CCCNC(C)(CCC)CCC. The van der Waals surface area contributed by atoms with Crippen LogP contribution in [0.4, 0.5) is 0 Å². The summed E-state index contributed by atoms with van der Waals surface area (Å²) in [6.07, 6.45) is 6.42. The van der Waals surface area contributed by atoms with Gasteiger partial charge in [-0.2, -0.15) is 0 Å². The van der Waals surface area contributed by atoms with Crippen molar-refractivity contribution in [2.75, 3.05) is 6.54 Å². The Kier molecular flexibility index (Phi) is 6.45. The van der Waals surface area contributed by atoms with Gasteiger partial charge in [0, 0.05) is 5.54 Å². The van der Waals surface area contributed by atoms with E-state index < -0.39 is 0 Å². The van der Waals surface area contributed by atoms with Crippen LogP contribution in [0.1, 0.15) is 59.8 Å². The van der Waals surface area contributed by atoms with Gasteiger partial charge < -0.3 is 5.32 Å². The molecule has 0 aliphatic rings. The minimum atomic E-state index is 0.402. The molecule has 0 aromatic heterocycles. The third-order valence-corrected chi connectivity index (χ3v) is 2.41. The molecule has 0 unspecified atom stereocenters. The van der Waals surface area contributed by atoms with Gasteiger partial charge in [0.1, 0.15) is 0 Å². The Morgan fingerprint density at radius 3 is 1.75 bits per heavy atom. The number of hydrogen-bond donors (Lipinski definition) is 1. The van der Waals surface area contributed by atoms with Crippen LogP contribution in [0.25, 0.3) is 0 Å². The average Bonchev–Trinajstić information content (AvgIpc) is 2.02. The van der Waals surface area contributed by atoms with Crippen molar-refractivity contribution in [3.63, 3.8) is 0 Å². The Morgan fingerprint density at radius 1 is 0.917 bits per heavy atom. The molecule has 0 radical (unpaired) electrons. The van der Waals surface area contributed by atoms with Crippen LogP contribution in [0.2, 0.25) is 0 Å². The van der Waals surface area contributed by atoms with E-state index in [1.165, 1.54) is 32.1 Å². The van der Waals surface area contributed by atoms with E-state index in [0.717, 1.165) is 6.54 Å². The summed E-state index contributed by atoms with van der Waals surface area (Å²) < 4.78 is 0. The first-order chi connectivity index (χ1) is 5.68. The molecular weight excluding hydrogens is 146 g/mol. The fourth-order valence-corrected chi connectivity index (χ4v) is 1.83. The molecule has 0 aromatic carbocycles. The van der Waals surface area contributed by atoms with Crippen molar-refractivity contribution in [2.45, 2.75) is 65.3 Å². The van der Waals surface area contributed by atoms with Crippen molar-refractivity contribution in [2.24, 2.45) is 0 Å². The normalized spacial score (nSPS) is 12.0. The highest BCUT2D eigenvalue weighted by Crippen LogP contribution is 2.18. The molecule has 0 saturated heterocycles. The second kappa shape index (κ2) is 6.47. The van der Waals surface area contributed by atoms with Crippen LogP contribution in [0, 0.1) is 0 Å². The smallest absolute Gasteiger partial charge is 0.0153 e. The molecule has 0 aliphatic heterocycles. The first-order valence-corrected chi connectivity index (χ1v) is 5.43. The van der Waals surface area contributed by atoms with Crippen LogP contribution in [0.5, 0.6) is 0 Å². The van der Waals surface area contributed by atoms with Crippen molar-refractivity contribution in [3.8, 4) is 0 Å². The molecule has 0 amide bonds. The minimum absolute atomic E-state index is 0.402. The van der Waals surface area contributed by atoms with Crippen molar-refractivity contribution in [1.82, 2.24) is 5.32 Å². The molecule has 0 fully saturated rings. The summed E-state index contributed by atoms with van der Waals surface area (Å²) in [6.45, 7) is 10.3. The molecule has 12 heavy (non-hydrogen) atoms. The average molecular weight is 171 g/mol. The first kappa shape index (κ1) is 12.0. The van der Waals surface area contributed by atoms with E-state index in [0.29, 0.717) is 5.54 Å². The van der Waals surface area contributed by atoms with E-state index in [9.17, 15) is 0 Å². The van der Waals surface area contributed by atoms with Gasteiger partial charge in [-0.1, -0.05) is 33.6 Å². The fourth-order valence-electron chi connectivity index (χ4n) is 1.83. The lowest BCUT2D eigenvalue weighted by Gasteiger charge is -2.30. The van der Waals surface area contributed by atoms with Gasteiger partial charge in [-0.15, -0.1) is 0 Å². The van der Waals surface area contributed by atoms with E-state index in [-0.39, 0.29) is 0 Å². The molecule has 0 aliphatic carbocycles. The van der Waals surface area contributed by atoms with Gasteiger partial charge in [0.05, 0.1) is 0 Å². The number of rotatable bonds is 7. The molecule has 1 N–H and O–H groups in total. The van der Waals surface area contributed by atoms with Gasteiger partial charge in [0.25, 0.3) is 0 Å². The van der Waals surface area contributed by atoms with Crippen LogP contribution >= 0.6 is 0 Å². The van der Waals surface area contributed by atoms with Gasteiger partial charge >= 0.3 is 0 Å². The molecule has 0 bridgehead atoms. The Hall–Kier alpha value is -0.0400. The van der Waals surface area contributed by atoms with Crippen molar-refractivity contribution >= 4 is 0 Å². The number of hydrogen-bond acceptors (Lipinski definition) is 1. The molecule has 74 valence electrons. The van der Waals surface area contributed by atoms with Crippen molar-refractivity contribution < 1.29 is 0 Å². The van der Waals surface area contributed by atoms with E-state index in [4.69, 9.17) is 0 Å². The maximum absolute atomic E-state index is 3.65. The highest BCUT2D eigenvalue weighted by molar-refractivity contribution is 4.81. The Morgan fingerprint density at radius 2 is 1.42 bits per heavy atom. The Balaban J connectivity index is 3.80. The maximum atomic E-state index is 3.65. The van der Waals surface area contributed by atoms with E-state index in [1.54, 1.807) is 0 Å². The summed E-state index contributed by atoms with van der Waals surface area (Å²) in [7, 11) is 0. The maximum Gasteiger partial charge on any atom is 0.0153 e. The molecule has 0 rings (SSSR count). The van der Waals surface area contributed by atoms with Gasteiger partial charge in [-0.05, 0) is 32.7 Å². The monoisotopic (exact) mass is 171 g/mol. The lowest BCUT2D eigenvalue weighted by Crippen LogP contribution is -2.42. The zero-order valence-electron chi connectivity index (χ0n) is 9.24. The molecule has 1 nitrogen and oxygen atoms in total. The Labute approximate surface area is 77.9 Å². The standard InChI is InChI=1S/C11H25N/c1-5-8-11(4,9-6-2)12-10-7-3/h12H,5-10H2,1-4H3. The highest BCUT2D eigenvalue weighted by atomic mass is 15.0. The molecule has 0 spiro atoms. The van der Waals surface area contributed by atoms with Crippen LogP contribution in [-0.4, -0.2) is 12.1 Å². The summed E-state index contributed by atoms with van der Waals surface area (Å²) in [5.74, 6) is 0. The van der Waals surface area contributed by atoms with E-state index >= 15 is 0 Å². The summed E-state index contributed by atoms with van der Waals surface area (Å²) >= 11 is 0. The zero-order valence-corrected chi connectivity index (χ0v) is 9.24. The van der Waals surface area contributed by atoms with Crippen LogP contribution in [0.15, 0.2) is 0 Å². The first-order valence-electron chi connectivity index (χ1n) is 5.43. The minimum Gasteiger partial charge on any atom is -0.312 e. The number of nitrogens with one attached hydrogen (secondary N) is 1. The lowest BCUT2D eigenvalue weighted by molar-refractivity contribution is 0.303. The summed E-state index contributed by atoms with van der Waals surface area (Å²) in [5.41, 5.74) is 0.402. The predicted molar refractivity (Wildman–Crippen MR) is 56.5 cm³/mol. The largest absolute Gasteiger partial charge is 0.312 e. The van der Waals surface area contributed by atoms with Crippen LogP contribution in [-0.2, 0) is 0 Å². The fraction of sp³-hybridized carbons (Fsp3) is 1.00. The van der Waals surface area contributed by atoms with Crippen LogP contribution in [0.3, 0.4) is 0 Å². The molecule has 0 heterocycles. The molecule has 1 heteroatoms.